The maximum atomic E-state index is 11.6. The van der Waals surface area contributed by atoms with Crippen molar-refractivity contribution in [3.05, 3.63) is 28.6 Å². The van der Waals surface area contributed by atoms with Crippen LogP contribution in [0, 0.1) is 0 Å². The zero-order valence-electron chi connectivity index (χ0n) is 9.77. The molecule has 1 amide bonds. The van der Waals surface area contributed by atoms with E-state index in [1.54, 1.807) is 22.7 Å². The number of aromatic nitrogens is 1. The van der Waals surface area contributed by atoms with Crippen molar-refractivity contribution in [1.82, 2.24) is 10.3 Å². The van der Waals surface area contributed by atoms with Gasteiger partial charge in [-0.2, -0.15) is 0 Å². The Labute approximate surface area is 109 Å². The molecule has 3 nitrogen and oxygen atoms in total. The van der Waals surface area contributed by atoms with Crippen molar-refractivity contribution >= 4 is 28.6 Å². The summed E-state index contributed by atoms with van der Waals surface area (Å²) < 4.78 is 0. The van der Waals surface area contributed by atoms with Crippen molar-refractivity contribution < 1.29 is 4.79 Å². The molecule has 0 aliphatic carbocycles. The van der Waals surface area contributed by atoms with Crippen LogP contribution in [-0.4, -0.2) is 16.9 Å². The lowest BCUT2D eigenvalue weighted by atomic mass is 10.3. The third-order valence-corrected chi connectivity index (χ3v) is 4.01. The minimum atomic E-state index is 0.0306. The van der Waals surface area contributed by atoms with Crippen LogP contribution < -0.4 is 5.32 Å². The number of nitrogens with one attached hydrogen (secondary N) is 1. The molecule has 0 aliphatic heterocycles. The molecule has 0 saturated heterocycles. The summed E-state index contributed by atoms with van der Waals surface area (Å²) in [7, 11) is 0. The second-order valence-corrected chi connectivity index (χ2v) is 5.83. The monoisotopic (exact) mass is 266 g/mol. The van der Waals surface area contributed by atoms with Crippen molar-refractivity contribution in [2.24, 2.45) is 0 Å². The molecule has 0 atom stereocenters. The van der Waals surface area contributed by atoms with E-state index in [0.717, 1.165) is 15.6 Å². The summed E-state index contributed by atoms with van der Waals surface area (Å²) in [5.74, 6) is 0.0306. The Morgan fingerprint density at radius 2 is 2.29 bits per heavy atom. The molecular formula is C12H14N2OS2. The van der Waals surface area contributed by atoms with E-state index < -0.39 is 0 Å². The molecule has 17 heavy (non-hydrogen) atoms. The molecule has 2 rings (SSSR count). The van der Waals surface area contributed by atoms with Crippen molar-refractivity contribution in [2.45, 2.75) is 26.3 Å². The summed E-state index contributed by atoms with van der Waals surface area (Å²) in [5, 5.41) is 7.84. The smallest absolute Gasteiger partial charge is 0.226 e. The molecule has 0 fully saturated rings. The Morgan fingerprint density at radius 1 is 1.47 bits per heavy atom. The average Bonchev–Trinajstić information content (AvgIpc) is 2.84. The third-order valence-electron chi connectivity index (χ3n) is 2.08. The van der Waals surface area contributed by atoms with Gasteiger partial charge in [-0.1, -0.05) is 6.07 Å². The highest BCUT2D eigenvalue weighted by Gasteiger charge is 2.09. The second-order valence-electron chi connectivity index (χ2n) is 4.02. The van der Waals surface area contributed by atoms with Gasteiger partial charge in [-0.3, -0.25) is 4.79 Å². The minimum Gasteiger partial charge on any atom is -0.354 e. The van der Waals surface area contributed by atoms with Gasteiger partial charge in [-0.05, 0) is 25.3 Å². The highest BCUT2D eigenvalue weighted by Crippen LogP contribution is 2.27. The highest BCUT2D eigenvalue weighted by atomic mass is 32.1. The molecule has 0 bridgehead atoms. The number of hydrogen-bond donors (Lipinski definition) is 1. The molecule has 2 aromatic rings. The fourth-order valence-corrected chi connectivity index (χ4v) is 3.07. The van der Waals surface area contributed by atoms with E-state index in [2.05, 4.69) is 10.3 Å². The van der Waals surface area contributed by atoms with E-state index in [1.165, 1.54) is 0 Å². The van der Waals surface area contributed by atoms with Crippen molar-refractivity contribution in [1.29, 1.82) is 0 Å². The Bertz CT molecular complexity index is 488. The molecule has 0 radical (unpaired) electrons. The summed E-state index contributed by atoms with van der Waals surface area (Å²) >= 11 is 3.25. The summed E-state index contributed by atoms with van der Waals surface area (Å²) in [6, 6.07) is 4.23. The van der Waals surface area contributed by atoms with Gasteiger partial charge in [0, 0.05) is 11.4 Å². The fraction of sp³-hybridized carbons (Fsp3) is 0.333. The van der Waals surface area contributed by atoms with Crippen molar-refractivity contribution in [2.75, 3.05) is 0 Å². The van der Waals surface area contributed by atoms with Gasteiger partial charge >= 0.3 is 0 Å². The molecule has 5 heteroatoms. The van der Waals surface area contributed by atoms with Crippen LogP contribution in [0.25, 0.3) is 9.88 Å². The zero-order valence-corrected chi connectivity index (χ0v) is 11.4. The quantitative estimate of drug-likeness (QED) is 0.924. The number of amides is 1. The Balaban J connectivity index is 2.02. The molecule has 2 heterocycles. The standard InChI is InChI=1S/C12H14N2OS2/c1-8(2)13-11(15)6-9-7-17-12(14-9)10-4-3-5-16-10/h3-5,7-8H,6H2,1-2H3,(H,13,15). The van der Waals surface area contributed by atoms with Crippen LogP contribution >= 0.6 is 22.7 Å². The molecule has 0 spiro atoms. The lowest BCUT2D eigenvalue weighted by Gasteiger charge is -2.06. The number of carbonyl (C=O) groups is 1. The van der Waals surface area contributed by atoms with Crippen LogP contribution in [0.4, 0.5) is 0 Å². The largest absolute Gasteiger partial charge is 0.354 e. The first-order valence-corrected chi connectivity index (χ1v) is 7.18. The molecule has 90 valence electrons. The third kappa shape index (κ3) is 3.38. The minimum absolute atomic E-state index is 0.0306. The molecule has 0 aliphatic rings. The van der Waals surface area contributed by atoms with Gasteiger partial charge in [0.15, 0.2) is 0 Å². The van der Waals surface area contributed by atoms with Gasteiger partial charge in [0.05, 0.1) is 17.0 Å². The van der Waals surface area contributed by atoms with Gasteiger partial charge in [-0.25, -0.2) is 4.98 Å². The Kier molecular flexibility index (Phi) is 3.91. The topological polar surface area (TPSA) is 42.0 Å². The summed E-state index contributed by atoms with van der Waals surface area (Å²) in [5.41, 5.74) is 0.844. The van der Waals surface area contributed by atoms with Crippen LogP contribution in [0.5, 0.6) is 0 Å². The van der Waals surface area contributed by atoms with Crippen LogP contribution in [0.15, 0.2) is 22.9 Å². The first-order chi connectivity index (χ1) is 8.15. The summed E-state index contributed by atoms with van der Waals surface area (Å²) in [6.07, 6.45) is 0.361. The van der Waals surface area contributed by atoms with E-state index in [1.807, 2.05) is 36.7 Å². The zero-order chi connectivity index (χ0) is 12.3. The van der Waals surface area contributed by atoms with Crippen molar-refractivity contribution in [3.8, 4) is 9.88 Å². The Hall–Kier alpha value is -1.20. The lowest BCUT2D eigenvalue weighted by molar-refractivity contribution is -0.120. The number of carbonyl (C=O) groups excluding carboxylic acids is 1. The van der Waals surface area contributed by atoms with Gasteiger partial charge in [0.25, 0.3) is 0 Å². The molecule has 0 saturated carbocycles. The van der Waals surface area contributed by atoms with E-state index in [9.17, 15) is 4.79 Å². The van der Waals surface area contributed by atoms with Crippen LogP contribution in [-0.2, 0) is 11.2 Å². The second kappa shape index (κ2) is 5.42. The first kappa shape index (κ1) is 12.3. The lowest BCUT2D eigenvalue weighted by Crippen LogP contribution is -2.31. The normalized spacial score (nSPS) is 10.8. The number of nitrogens with zero attached hydrogens (tertiary/aromatic N) is 1. The SMILES string of the molecule is CC(C)NC(=O)Cc1csc(-c2cccs2)n1. The van der Waals surface area contributed by atoms with E-state index in [0.29, 0.717) is 6.42 Å². The first-order valence-electron chi connectivity index (χ1n) is 5.43. The molecule has 0 unspecified atom stereocenters. The predicted octanol–water partition coefficient (Wildman–Crippen LogP) is 2.94. The van der Waals surface area contributed by atoms with Crippen LogP contribution in [0.1, 0.15) is 19.5 Å². The van der Waals surface area contributed by atoms with E-state index >= 15 is 0 Å². The summed E-state index contributed by atoms with van der Waals surface area (Å²) in [6.45, 7) is 3.91. The predicted molar refractivity (Wildman–Crippen MR) is 72.4 cm³/mol. The highest BCUT2D eigenvalue weighted by molar-refractivity contribution is 7.20. The molecule has 2 aromatic heterocycles. The van der Waals surface area contributed by atoms with E-state index in [4.69, 9.17) is 0 Å². The van der Waals surface area contributed by atoms with Gasteiger partial charge in [0.2, 0.25) is 5.91 Å². The van der Waals surface area contributed by atoms with Crippen molar-refractivity contribution in [3.63, 3.8) is 0 Å². The molecule has 0 aromatic carbocycles. The molecule has 1 N–H and O–H groups in total. The van der Waals surface area contributed by atoms with Crippen LogP contribution in [0.3, 0.4) is 0 Å². The van der Waals surface area contributed by atoms with Crippen LogP contribution in [0.2, 0.25) is 0 Å². The van der Waals surface area contributed by atoms with Gasteiger partial charge in [0.1, 0.15) is 5.01 Å². The van der Waals surface area contributed by atoms with Gasteiger partial charge in [-0.15, -0.1) is 22.7 Å². The van der Waals surface area contributed by atoms with Gasteiger partial charge < -0.3 is 5.32 Å². The maximum Gasteiger partial charge on any atom is 0.226 e. The number of hydrogen-bond acceptors (Lipinski definition) is 4. The number of thiophene rings is 1. The molecular weight excluding hydrogens is 252 g/mol. The number of rotatable bonds is 4. The summed E-state index contributed by atoms with van der Waals surface area (Å²) in [4.78, 5) is 17.2. The number of thiazole rings is 1. The Morgan fingerprint density at radius 3 is 2.94 bits per heavy atom. The maximum absolute atomic E-state index is 11.6. The average molecular weight is 266 g/mol. The fourth-order valence-electron chi connectivity index (χ4n) is 1.44. The van der Waals surface area contributed by atoms with E-state index in [-0.39, 0.29) is 11.9 Å².